The molecule has 0 aliphatic heterocycles. The summed E-state index contributed by atoms with van der Waals surface area (Å²) in [4.78, 5) is -0.878. The molecule has 0 aliphatic carbocycles. The maximum atomic E-state index is 12.4. The molecule has 8 heteroatoms. The van der Waals surface area contributed by atoms with E-state index in [9.17, 15) is 17.2 Å². The van der Waals surface area contributed by atoms with Crippen molar-refractivity contribution in [3.63, 3.8) is 0 Å². The van der Waals surface area contributed by atoms with Crippen LogP contribution in [0.1, 0.15) is 17.6 Å². The highest BCUT2D eigenvalue weighted by Crippen LogP contribution is 2.27. The molecule has 0 bridgehead atoms. The first-order valence-corrected chi connectivity index (χ1v) is 5.10. The summed E-state index contributed by atoms with van der Waals surface area (Å²) in [5.41, 5.74) is -0.978. The molecule has 1 rings (SSSR count). The molecule has 0 amide bonds. The standard InChI is InChI=1S/C8H5F2NO3S.ClH/c9-8(10)6-3-5(4-11)1-2-7(6)15(12,13)14;/h1-3,8H,(H,12,13,14);1H. The molecule has 0 saturated carbocycles. The molecule has 1 N–H and O–H groups in total. The van der Waals surface area contributed by atoms with Gasteiger partial charge in [-0.15, -0.1) is 12.4 Å². The predicted molar refractivity (Wildman–Crippen MR) is 53.2 cm³/mol. The molecule has 0 fully saturated rings. The van der Waals surface area contributed by atoms with Crippen LogP contribution in [-0.4, -0.2) is 13.0 Å². The summed E-state index contributed by atoms with van der Waals surface area (Å²) >= 11 is 0. The van der Waals surface area contributed by atoms with E-state index in [1.54, 1.807) is 6.07 Å². The maximum Gasteiger partial charge on any atom is 0.295 e. The third kappa shape index (κ3) is 3.13. The topological polar surface area (TPSA) is 78.2 Å². The molecular weight excluding hydrogens is 264 g/mol. The Balaban J connectivity index is 0.00000225. The molecule has 0 radical (unpaired) electrons. The smallest absolute Gasteiger partial charge is 0.282 e. The van der Waals surface area contributed by atoms with Crippen LogP contribution >= 0.6 is 12.4 Å². The number of hydrogen-bond donors (Lipinski definition) is 1. The lowest BCUT2D eigenvalue weighted by atomic mass is 10.1. The van der Waals surface area contributed by atoms with Gasteiger partial charge in [-0.1, -0.05) is 0 Å². The summed E-state index contributed by atoms with van der Waals surface area (Å²) in [6, 6.07) is 4.13. The van der Waals surface area contributed by atoms with Gasteiger partial charge in [-0.05, 0) is 18.2 Å². The first-order chi connectivity index (χ1) is 6.86. The molecule has 0 heterocycles. The third-order valence-corrected chi connectivity index (χ3v) is 2.58. The predicted octanol–water partition coefficient (Wildman–Crippen LogP) is 2.16. The number of halogens is 3. The van der Waals surface area contributed by atoms with E-state index in [0.29, 0.717) is 0 Å². The summed E-state index contributed by atoms with van der Waals surface area (Å²) in [5, 5.41) is 8.43. The van der Waals surface area contributed by atoms with Crippen LogP contribution in [0.25, 0.3) is 0 Å². The van der Waals surface area contributed by atoms with Crippen LogP contribution in [-0.2, 0) is 10.1 Å². The van der Waals surface area contributed by atoms with Crippen LogP contribution in [0.4, 0.5) is 8.78 Å². The number of rotatable bonds is 2. The van der Waals surface area contributed by atoms with Crippen molar-refractivity contribution in [3.05, 3.63) is 29.3 Å². The monoisotopic (exact) mass is 269 g/mol. The van der Waals surface area contributed by atoms with Crippen molar-refractivity contribution in [2.75, 3.05) is 0 Å². The van der Waals surface area contributed by atoms with E-state index in [1.165, 1.54) is 0 Å². The molecule has 88 valence electrons. The van der Waals surface area contributed by atoms with Crippen molar-refractivity contribution < 1.29 is 21.8 Å². The maximum absolute atomic E-state index is 12.4. The van der Waals surface area contributed by atoms with Crippen molar-refractivity contribution >= 4 is 22.5 Å². The average molecular weight is 270 g/mol. The lowest BCUT2D eigenvalue weighted by molar-refractivity contribution is 0.147. The largest absolute Gasteiger partial charge is 0.295 e. The highest BCUT2D eigenvalue weighted by atomic mass is 35.5. The number of nitriles is 1. The lowest BCUT2D eigenvalue weighted by Gasteiger charge is -2.05. The van der Waals surface area contributed by atoms with E-state index in [1.807, 2.05) is 0 Å². The van der Waals surface area contributed by atoms with Gasteiger partial charge in [0.2, 0.25) is 0 Å². The highest BCUT2D eigenvalue weighted by molar-refractivity contribution is 7.85. The third-order valence-electron chi connectivity index (χ3n) is 1.65. The first kappa shape index (κ1) is 14.8. The van der Waals surface area contributed by atoms with Crippen LogP contribution < -0.4 is 0 Å². The summed E-state index contributed by atoms with van der Waals surface area (Å²) in [7, 11) is -4.69. The van der Waals surface area contributed by atoms with Gasteiger partial charge in [0.05, 0.1) is 11.6 Å². The Kier molecular flexibility index (Phi) is 4.81. The zero-order chi connectivity index (χ0) is 11.6. The summed E-state index contributed by atoms with van der Waals surface area (Å²) in [5.74, 6) is 0. The molecule has 1 aromatic carbocycles. The minimum Gasteiger partial charge on any atom is -0.282 e. The van der Waals surface area contributed by atoms with E-state index in [0.717, 1.165) is 18.2 Å². The second-order valence-electron chi connectivity index (χ2n) is 2.64. The molecule has 0 atom stereocenters. The second kappa shape index (κ2) is 5.21. The zero-order valence-electron chi connectivity index (χ0n) is 7.59. The van der Waals surface area contributed by atoms with Gasteiger partial charge in [0.25, 0.3) is 16.5 Å². The fraction of sp³-hybridized carbons (Fsp3) is 0.125. The zero-order valence-corrected chi connectivity index (χ0v) is 9.23. The van der Waals surface area contributed by atoms with Crippen LogP contribution in [0, 0.1) is 11.3 Å². The van der Waals surface area contributed by atoms with Crippen LogP contribution in [0.3, 0.4) is 0 Å². The summed E-state index contributed by atoms with van der Waals surface area (Å²) in [6.07, 6.45) is -3.07. The fourth-order valence-corrected chi connectivity index (χ4v) is 1.71. The number of hydrogen-bond acceptors (Lipinski definition) is 3. The van der Waals surface area contributed by atoms with Crippen LogP contribution in [0.5, 0.6) is 0 Å². The molecule has 0 aromatic heterocycles. The highest BCUT2D eigenvalue weighted by Gasteiger charge is 2.21. The Labute approximate surface area is 96.7 Å². The molecule has 0 saturated heterocycles. The Morgan fingerprint density at radius 3 is 2.31 bits per heavy atom. The van der Waals surface area contributed by atoms with Gasteiger partial charge in [-0.25, -0.2) is 8.78 Å². The summed E-state index contributed by atoms with van der Waals surface area (Å²) < 4.78 is 54.8. The van der Waals surface area contributed by atoms with Gasteiger partial charge < -0.3 is 0 Å². The molecule has 4 nitrogen and oxygen atoms in total. The van der Waals surface area contributed by atoms with Crippen molar-refractivity contribution in [2.24, 2.45) is 0 Å². The SMILES string of the molecule is Cl.N#Cc1ccc(S(=O)(=O)O)c(C(F)F)c1. The van der Waals surface area contributed by atoms with Gasteiger partial charge in [0.1, 0.15) is 4.90 Å². The van der Waals surface area contributed by atoms with Crippen molar-refractivity contribution in [1.82, 2.24) is 0 Å². The molecule has 0 unspecified atom stereocenters. The molecular formula is C8H6ClF2NO3S. The lowest BCUT2D eigenvalue weighted by Crippen LogP contribution is -2.04. The minimum atomic E-state index is -4.69. The minimum absolute atomic E-state index is 0. The van der Waals surface area contributed by atoms with Crippen LogP contribution in [0.2, 0.25) is 0 Å². The van der Waals surface area contributed by atoms with Gasteiger partial charge in [0, 0.05) is 5.56 Å². The Bertz CT molecular complexity index is 525. The Morgan fingerprint density at radius 2 is 1.94 bits per heavy atom. The van der Waals surface area contributed by atoms with E-state index >= 15 is 0 Å². The van der Waals surface area contributed by atoms with Gasteiger partial charge in [-0.2, -0.15) is 13.7 Å². The van der Waals surface area contributed by atoms with Gasteiger partial charge in [0.15, 0.2) is 0 Å². The van der Waals surface area contributed by atoms with Crippen molar-refractivity contribution in [2.45, 2.75) is 11.3 Å². The van der Waals surface area contributed by atoms with E-state index < -0.39 is 27.0 Å². The van der Waals surface area contributed by atoms with Gasteiger partial charge >= 0.3 is 0 Å². The first-order valence-electron chi connectivity index (χ1n) is 3.66. The van der Waals surface area contributed by atoms with E-state index in [-0.39, 0.29) is 18.0 Å². The second-order valence-corrected chi connectivity index (χ2v) is 4.03. The molecule has 0 aliphatic rings. The quantitative estimate of drug-likeness (QED) is 0.835. The molecule has 16 heavy (non-hydrogen) atoms. The summed E-state index contributed by atoms with van der Waals surface area (Å²) in [6.45, 7) is 0. The van der Waals surface area contributed by atoms with Crippen LogP contribution in [0.15, 0.2) is 23.1 Å². The normalized spacial score (nSPS) is 10.7. The molecule has 1 aromatic rings. The van der Waals surface area contributed by atoms with E-state index in [2.05, 4.69) is 0 Å². The number of alkyl halides is 2. The Hall–Kier alpha value is -1.23. The average Bonchev–Trinajstić information content (AvgIpc) is 2.15. The Morgan fingerprint density at radius 1 is 1.38 bits per heavy atom. The van der Waals surface area contributed by atoms with Crippen molar-refractivity contribution in [3.8, 4) is 6.07 Å². The van der Waals surface area contributed by atoms with E-state index in [4.69, 9.17) is 9.81 Å². The number of benzene rings is 1. The fourth-order valence-electron chi connectivity index (χ4n) is 1.02. The molecule has 0 spiro atoms. The van der Waals surface area contributed by atoms with Gasteiger partial charge in [-0.3, -0.25) is 4.55 Å². The van der Waals surface area contributed by atoms with Crippen molar-refractivity contribution in [1.29, 1.82) is 5.26 Å². The number of nitrogens with zero attached hydrogens (tertiary/aromatic N) is 1.